The Labute approximate surface area is 191 Å². The van der Waals surface area contributed by atoms with E-state index in [4.69, 9.17) is 0 Å². The summed E-state index contributed by atoms with van der Waals surface area (Å²) in [7, 11) is 0. The third kappa shape index (κ3) is 3.28. The highest BCUT2D eigenvalue weighted by atomic mass is 16.1. The maximum Gasteiger partial charge on any atom is 0.255 e. The minimum atomic E-state index is -0.0458. The number of hydrogen-bond acceptors (Lipinski definition) is 1. The van der Waals surface area contributed by atoms with Gasteiger partial charge in [-0.05, 0) is 104 Å². The number of anilines is 1. The van der Waals surface area contributed by atoms with Gasteiger partial charge in [0, 0.05) is 11.3 Å². The largest absolute Gasteiger partial charge is 0.322 e. The molecule has 0 aromatic heterocycles. The lowest BCUT2D eigenvalue weighted by molar-refractivity contribution is -0.0281. The van der Waals surface area contributed by atoms with Gasteiger partial charge in [-0.25, -0.2) is 0 Å². The molecule has 32 heavy (non-hydrogen) atoms. The molecule has 0 radical (unpaired) electrons. The van der Waals surface area contributed by atoms with Crippen LogP contribution >= 0.6 is 0 Å². The first-order valence-electron chi connectivity index (χ1n) is 12.1. The van der Waals surface area contributed by atoms with Gasteiger partial charge in [-0.15, -0.1) is 0 Å². The van der Waals surface area contributed by atoms with Gasteiger partial charge in [-0.2, -0.15) is 0 Å². The second-order valence-electron chi connectivity index (χ2n) is 10.8. The van der Waals surface area contributed by atoms with Gasteiger partial charge in [-0.1, -0.05) is 60.2 Å². The van der Waals surface area contributed by atoms with Crippen molar-refractivity contribution >= 4 is 11.6 Å². The molecule has 4 saturated carbocycles. The van der Waals surface area contributed by atoms with E-state index in [-0.39, 0.29) is 5.91 Å². The van der Waals surface area contributed by atoms with E-state index in [1.165, 1.54) is 44.1 Å². The van der Waals surface area contributed by atoms with Crippen molar-refractivity contribution in [3.63, 3.8) is 0 Å². The number of rotatable bonds is 4. The minimum absolute atomic E-state index is 0.0458. The maximum absolute atomic E-state index is 12.6. The lowest BCUT2D eigenvalue weighted by Crippen LogP contribution is -2.55. The lowest BCUT2D eigenvalue weighted by atomic mass is 9.42. The molecule has 1 amide bonds. The fourth-order valence-electron chi connectivity index (χ4n) is 7.55. The van der Waals surface area contributed by atoms with Crippen molar-refractivity contribution in [2.24, 2.45) is 11.8 Å². The predicted octanol–water partition coefficient (Wildman–Crippen LogP) is 7.04. The minimum Gasteiger partial charge on any atom is -0.322 e. The van der Waals surface area contributed by atoms with Crippen LogP contribution in [0.25, 0.3) is 0 Å². The highest BCUT2D eigenvalue weighted by Gasteiger charge is 2.58. The summed E-state index contributed by atoms with van der Waals surface area (Å²) in [5.74, 6) is 1.64. The standard InChI is InChI=1S/C30H31NO/c1-21-7-9-24(10-8-21)28(32)31-27-13-11-26(12-14-27)30-18-22-15-23(19-30)17-29(16-22,20-30)25-5-3-2-4-6-25/h2-14,22-23H,15-20H2,1H3,(H,31,32)/t22-,23+,29?,30?. The summed E-state index contributed by atoms with van der Waals surface area (Å²) in [5, 5.41) is 3.07. The van der Waals surface area contributed by atoms with Crippen LogP contribution in [0.2, 0.25) is 0 Å². The average molecular weight is 422 g/mol. The number of carbonyl (C=O) groups excluding carboxylic acids is 1. The summed E-state index contributed by atoms with van der Waals surface area (Å²) in [6.45, 7) is 2.03. The van der Waals surface area contributed by atoms with Crippen molar-refractivity contribution in [3.05, 3.63) is 101 Å². The summed E-state index contributed by atoms with van der Waals surface area (Å²) >= 11 is 0. The summed E-state index contributed by atoms with van der Waals surface area (Å²) in [5.41, 5.74) is 6.41. The molecule has 4 aliphatic carbocycles. The zero-order chi connectivity index (χ0) is 21.8. The van der Waals surface area contributed by atoms with Crippen molar-refractivity contribution in [1.82, 2.24) is 0 Å². The molecule has 7 rings (SSSR count). The smallest absolute Gasteiger partial charge is 0.255 e. The van der Waals surface area contributed by atoms with Crippen LogP contribution in [0.3, 0.4) is 0 Å². The molecule has 4 aliphatic rings. The van der Waals surface area contributed by atoms with Crippen LogP contribution in [0.15, 0.2) is 78.9 Å². The number of amides is 1. The van der Waals surface area contributed by atoms with Crippen molar-refractivity contribution < 1.29 is 4.79 Å². The maximum atomic E-state index is 12.6. The molecule has 2 nitrogen and oxygen atoms in total. The van der Waals surface area contributed by atoms with E-state index in [0.717, 1.165) is 23.1 Å². The van der Waals surface area contributed by atoms with Crippen LogP contribution in [-0.2, 0) is 10.8 Å². The molecule has 4 bridgehead atoms. The molecule has 3 aromatic carbocycles. The van der Waals surface area contributed by atoms with E-state index in [0.29, 0.717) is 16.4 Å². The Morgan fingerprint density at radius 3 is 1.91 bits per heavy atom. The van der Waals surface area contributed by atoms with Crippen molar-refractivity contribution in [2.45, 2.75) is 56.3 Å². The van der Waals surface area contributed by atoms with Crippen molar-refractivity contribution in [2.75, 3.05) is 5.32 Å². The number of hydrogen-bond donors (Lipinski definition) is 1. The second-order valence-corrected chi connectivity index (χ2v) is 10.8. The highest BCUT2D eigenvalue weighted by molar-refractivity contribution is 6.04. The Kier molecular flexibility index (Phi) is 4.54. The summed E-state index contributed by atoms with van der Waals surface area (Å²) < 4.78 is 0. The number of benzene rings is 3. The first-order valence-corrected chi connectivity index (χ1v) is 12.1. The van der Waals surface area contributed by atoms with Gasteiger partial charge in [0.1, 0.15) is 0 Å². The zero-order valence-corrected chi connectivity index (χ0v) is 18.8. The molecule has 0 saturated heterocycles. The molecule has 4 fully saturated rings. The first-order chi connectivity index (χ1) is 15.5. The van der Waals surface area contributed by atoms with E-state index < -0.39 is 0 Å². The van der Waals surface area contributed by atoms with Crippen LogP contribution < -0.4 is 5.32 Å². The molecule has 2 heteroatoms. The Bertz CT molecular complexity index is 1120. The Morgan fingerprint density at radius 1 is 0.750 bits per heavy atom. The predicted molar refractivity (Wildman–Crippen MR) is 130 cm³/mol. The normalized spacial score (nSPS) is 30.3. The molecule has 3 aromatic rings. The third-order valence-corrected chi connectivity index (χ3v) is 8.52. The van der Waals surface area contributed by atoms with Crippen LogP contribution in [0.4, 0.5) is 5.69 Å². The fourth-order valence-corrected chi connectivity index (χ4v) is 7.55. The first kappa shape index (κ1) is 19.8. The van der Waals surface area contributed by atoms with Gasteiger partial charge in [0.2, 0.25) is 0 Å². The molecular formula is C30H31NO. The second kappa shape index (κ2) is 7.33. The summed E-state index contributed by atoms with van der Waals surface area (Å²) in [6.07, 6.45) is 8.06. The van der Waals surface area contributed by atoms with Crippen LogP contribution in [0, 0.1) is 18.8 Å². The molecule has 162 valence electrons. The lowest BCUT2D eigenvalue weighted by Gasteiger charge is -2.62. The molecule has 0 spiro atoms. The van der Waals surface area contributed by atoms with E-state index in [1.807, 2.05) is 31.2 Å². The molecule has 0 heterocycles. The van der Waals surface area contributed by atoms with Gasteiger partial charge in [0.25, 0.3) is 5.91 Å². The van der Waals surface area contributed by atoms with Gasteiger partial charge in [0.15, 0.2) is 0 Å². The van der Waals surface area contributed by atoms with Crippen LogP contribution in [0.1, 0.15) is 65.6 Å². The SMILES string of the molecule is Cc1ccc(C(=O)Nc2ccc(C34C[C@@H]5C[C@@H](CC(c6ccccc6)(C5)C3)C4)cc2)cc1. The van der Waals surface area contributed by atoms with Gasteiger partial charge in [0.05, 0.1) is 0 Å². The van der Waals surface area contributed by atoms with E-state index >= 15 is 0 Å². The summed E-state index contributed by atoms with van der Waals surface area (Å²) in [4.78, 5) is 12.6. The summed E-state index contributed by atoms with van der Waals surface area (Å²) in [6, 6.07) is 27.8. The number of nitrogens with one attached hydrogen (secondary N) is 1. The molecule has 1 N–H and O–H groups in total. The Morgan fingerprint density at radius 2 is 1.31 bits per heavy atom. The van der Waals surface area contributed by atoms with E-state index in [2.05, 4.69) is 59.9 Å². The third-order valence-electron chi connectivity index (χ3n) is 8.52. The van der Waals surface area contributed by atoms with Crippen molar-refractivity contribution in [1.29, 1.82) is 0 Å². The molecular weight excluding hydrogens is 390 g/mol. The van der Waals surface area contributed by atoms with E-state index in [9.17, 15) is 4.79 Å². The average Bonchev–Trinajstić information content (AvgIpc) is 2.80. The zero-order valence-electron chi connectivity index (χ0n) is 18.8. The Balaban J connectivity index is 1.26. The Hall–Kier alpha value is -2.87. The molecule has 0 aliphatic heterocycles. The van der Waals surface area contributed by atoms with Crippen molar-refractivity contribution in [3.8, 4) is 0 Å². The van der Waals surface area contributed by atoms with Crippen LogP contribution in [-0.4, -0.2) is 5.91 Å². The molecule has 4 atom stereocenters. The van der Waals surface area contributed by atoms with Gasteiger partial charge >= 0.3 is 0 Å². The quantitative estimate of drug-likeness (QED) is 0.481. The topological polar surface area (TPSA) is 29.1 Å². The number of carbonyl (C=O) groups is 1. The van der Waals surface area contributed by atoms with Gasteiger partial charge in [-0.3, -0.25) is 4.79 Å². The fraction of sp³-hybridized carbons (Fsp3) is 0.367. The molecule has 2 unspecified atom stereocenters. The van der Waals surface area contributed by atoms with Gasteiger partial charge < -0.3 is 5.32 Å². The number of aryl methyl sites for hydroxylation is 1. The van der Waals surface area contributed by atoms with Crippen LogP contribution in [0.5, 0.6) is 0 Å². The van der Waals surface area contributed by atoms with E-state index in [1.54, 1.807) is 5.56 Å². The highest BCUT2D eigenvalue weighted by Crippen LogP contribution is 2.66. The monoisotopic (exact) mass is 421 g/mol.